The molecule has 23 heavy (non-hydrogen) atoms. The number of amides is 1. The van der Waals surface area contributed by atoms with Crippen LogP contribution in [0.15, 0.2) is 54.6 Å². The number of para-hydroxylation sites is 2. The highest BCUT2D eigenvalue weighted by molar-refractivity contribution is 8.01. The van der Waals surface area contributed by atoms with Crippen LogP contribution in [0.5, 0.6) is 11.5 Å². The summed E-state index contributed by atoms with van der Waals surface area (Å²) in [7, 11) is 0. The molecule has 1 N–H and O–H groups in total. The van der Waals surface area contributed by atoms with Gasteiger partial charge in [0.05, 0.1) is 5.75 Å². The topological polar surface area (TPSA) is 38.3 Å². The first-order valence-electron chi connectivity index (χ1n) is 7.65. The molecule has 0 saturated heterocycles. The fourth-order valence-electron chi connectivity index (χ4n) is 1.89. The molecule has 4 heteroatoms. The fourth-order valence-corrected chi connectivity index (χ4v) is 2.56. The van der Waals surface area contributed by atoms with Crippen LogP contribution in [-0.4, -0.2) is 16.4 Å². The van der Waals surface area contributed by atoms with Gasteiger partial charge in [0, 0.05) is 16.9 Å². The van der Waals surface area contributed by atoms with Crippen LogP contribution < -0.4 is 10.1 Å². The van der Waals surface area contributed by atoms with Crippen LogP contribution in [0.2, 0.25) is 0 Å². The molecule has 2 aromatic rings. The van der Waals surface area contributed by atoms with Gasteiger partial charge in [-0.3, -0.25) is 4.79 Å². The van der Waals surface area contributed by atoms with Gasteiger partial charge in [-0.15, -0.1) is 11.8 Å². The lowest BCUT2D eigenvalue weighted by molar-refractivity contribution is -0.118. The molecule has 0 spiro atoms. The fraction of sp³-hybridized carbons (Fsp3) is 0.316. The molecule has 0 heterocycles. The number of hydrogen-bond acceptors (Lipinski definition) is 3. The van der Waals surface area contributed by atoms with E-state index in [9.17, 15) is 4.79 Å². The third-order valence-corrected chi connectivity index (χ3v) is 4.33. The van der Waals surface area contributed by atoms with Crippen LogP contribution >= 0.6 is 11.8 Å². The van der Waals surface area contributed by atoms with Crippen molar-refractivity contribution in [3.05, 3.63) is 60.2 Å². The third-order valence-electron chi connectivity index (χ3n) is 3.06. The highest BCUT2D eigenvalue weighted by atomic mass is 32.2. The molecule has 2 rings (SSSR count). The van der Waals surface area contributed by atoms with Crippen LogP contribution in [0.3, 0.4) is 0 Å². The monoisotopic (exact) mass is 329 g/mol. The third kappa shape index (κ3) is 6.37. The molecule has 0 unspecified atom stereocenters. The van der Waals surface area contributed by atoms with Crippen molar-refractivity contribution in [3.8, 4) is 11.5 Å². The van der Waals surface area contributed by atoms with Gasteiger partial charge in [0.2, 0.25) is 5.91 Å². The molecule has 0 saturated carbocycles. The molecular formula is C19H23NO2S. The van der Waals surface area contributed by atoms with Crippen LogP contribution in [0.4, 0.5) is 0 Å². The molecule has 0 fully saturated rings. The van der Waals surface area contributed by atoms with Gasteiger partial charge in [0.25, 0.3) is 0 Å². The Hall–Kier alpha value is -1.94. The molecule has 0 aromatic heterocycles. The zero-order valence-corrected chi connectivity index (χ0v) is 14.7. The van der Waals surface area contributed by atoms with E-state index in [0.29, 0.717) is 12.3 Å². The van der Waals surface area contributed by atoms with E-state index in [1.165, 1.54) is 0 Å². The number of rotatable bonds is 6. The first-order chi connectivity index (χ1) is 10.9. The van der Waals surface area contributed by atoms with Crippen molar-refractivity contribution in [2.45, 2.75) is 32.1 Å². The highest BCUT2D eigenvalue weighted by Gasteiger charge is 2.13. The Morgan fingerprint density at radius 3 is 2.39 bits per heavy atom. The summed E-state index contributed by atoms with van der Waals surface area (Å²) in [5.74, 6) is 2.06. The average Bonchev–Trinajstić information content (AvgIpc) is 2.52. The van der Waals surface area contributed by atoms with Gasteiger partial charge < -0.3 is 10.1 Å². The van der Waals surface area contributed by atoms with Crippen LogP contribution in [0.25, 0.3) is 0 Å². The van der Waals surface area contributed by atoms with Crippen molar-refractivity contribution in [2.75, 3.05) is 5.75 Å². The number of benzene rings is 2. The lowest BCUT2D eigenvalue weighted by Crippen LogP contribution is -2.26. The summed E-state index contributed by atoms with van der Waals surface area (Å²) in [6, 6.07) is 17.4. The lowest BCUT2D eigenvalue weighted by atomic mass is 10.2. The second-order valence-corrected chi connectivity index (χ2v) is 8.00. The van der Waals surface area contributed by atoms with E-state index in [1.807, 2.05) is 54.6 Å². The van der Waals surface area contributed by atoms with E-state index in [-0.39, 0.29) is 10.7 Å². The summed E-state index contributed by atoms with van der Waals surface area (Å²) in [4.78, 5) is 12.0. The zero-order chi connectivity index (χ0) is 16.7. The Bertz CT molecular complexity index is 635. The Kier molecular flexibility index (Phi) is 6.11. The molecule has 0 aliphatic rings. The first kappa shape index (κ1) is 17.4. The molecule has 122 valence electrons. The van der Waals surface area contributed by atoms with Crippen molar-refractivity contribution in [1.82, 2.24) is 5.32 Å². The van der Waals surface area contributed by atoms with Crippen molar-refractivity contribution < 1.29 is 9.53 Å². The van der Waals surface area contributed by atoms with Gasteiger partial charge >= 0.3 is 0 Å². The summed E-state index contributed by atoms with van der Waals surface area (Å²) < 4.78 is 5.99. The second-order valence-electron chi connectivity index (χ2n) is 6.20. The summed E-state index contributed by atoms with van der Waals surface area (Å²) >= 11 is 1.64. The Morgan fingerprint density at radius 2 is 1.70 bits per heavy atom. The van der Waals surface area contributed by atoms with E-state index in [1.54, 1.807) is 11.8 Å². The first-order valence-corrected chi connectivity index (χ1v) is 8.64. The van der Waals surface area contributed by atoms with Gasteiger partial charge in [-0.1, -0.05) is 57.2 Å². The molecule has 0 aliphatic carbocycles. The number of thioether (sulfide) groups is 1. The normalized spacial score (nSPS) is 11.1. The van der Waals surface area contributed by atoms with Gasteiger partial charge in [-0.05, 0) is 18.2 Å². The average molecular weight is 329 g/mol. The summed E-state index contributed by atoms with van der Waals surface area (Å²) in [5.41, 5.74) is 0.963. The van der Waals surface area contributed by atoms with E-state index in [2.05, 4.69) is 26.1 Å². The minimum absolute atomic E-state index is 0.0411. The molecule has 3 nitrogen and oxygen atoms in total. The number of nitrogens with one attached hydrogen (secondary N) is 1. The standard InChI is InChI=1S/C19H23NO2S/c1-19(2,3)23-14-18(21)20-13-15-9-7-8-12-17(15)22-16-10-5-4-6-11-16/h4-12H,13-14H2,1-3H3,(H,20,21). The molecule has 0 aliphatic heterocycles. The molecule has 2 aromatic carbocycles. The Labute approximate surface area is 142 Å². The van der Waals surface area contributed by atoms with Crippen molar-refractivity contribution in [1.29, 1.82) is 0 Å². The largest absolute Gasteiger partial charge is 0.457 e. The molecule has 0 atom stereocenters. The predicted octanol–water partition coefficient (Wildman–Crippen LogP) is 4.63. The van der Waals surface area contributed by atoms with Crippen molar-refractivity contribution in [2.24, 2.45) is 0 Å². The van der Waals surface area contributed by atoms with Crippen LogP contribution in [0.1, 0.15) is 26.3 Å². The molecule has 0 radical (unpaired) electrons. The summed E-state index contributed by atoms with van der Waals surface area (Å²) in [6.07, 6.45) is 0. The molecule has 1 amide bonds. The van der Waals surface area contributed by atoms with Crippen molar-refractivity contribution >= 4 is 17.7 Å². The number of hydrogen-bond donors (Lipinski definition) is 1. The van der Waals surface area contributed by atoms with Crippen molar-refractivity contribution in [3.63, 3.8) is 0 Å². The molecular weight excluding hydrogens is 306 g/mol. The van der Waals surface area contributed by atoms with E-state index < -0.39 is 0 Å². The van der Waals surface area contributed by atoms with E-state index in [4.69, 9.17) is 4.74 Å². The summed E-state index contributed by atoms with van der Waals surface area (Å²) in [6.45, 7) is 6.78. The Morgan fingerprint density at radius 1 is 1.04 bits per heavy atom. The highest BCUT2D eigenvalue weighted by Crippen LogP contribution is 2.25. The minimum atomic E-state index is 0.0411. The number of carbonyl (C=O) groups is 1. The van der Waals surface area contributed by atoms with Gasteiger partial charge in [0.15, 0.2) is 0 Å². The number of carbonyl (C=O) groups excluding carboxylic acids is 1. The van der Waals surface area contributed by atoms with Crippen LogP contribution in [-0.2, 0) is 11.3 Å². The molecule has 0 bridgehead atoms. The maximum absolute atomic E-state index is 12.0. The lowest BCUT2D eigenvalue weighted by Gasteiger charge is -2.17. The maximum Gasteiger partial charge on any atom is 0.230 e. The summed E-state index contributed by atoms with van der Waals surface area (Å²) in [5, 5.41) is 2.96. The SMILES string of the molecule is CC(C)(C)SCC(=O)NCc1ccccc1Oc1ccccc1. The predicted molar refractivity (Wildman–Crippen MR) is 97.0 cm³/mol. The van der Waals surface area contributed by atoms with Gasteiger partial charge in [0.1, 0.15) is 11.5 Å². The smallest absolute Gasteiger partial charge is 0.230 e. The van der Waals surface area contributed by atoms with E-state index >= 15 is 0 Å². The maximum atomic E-state index is 12.0. The quantitative estimate of drug-likeness (QED) is 0.840. The van der Waals surface area contributed by atoms with Crippen LogP contribution in [0, 0.1) is 0 Å². The number of ether oxygens (including phenoxy) is 1. The second kappa shape index (κ2) is 8.06. The van der Waals surface area contributed by atoms with E-state index in [0.717, 1.165) is 17.1 Å². The minimum Gasteiger partial charge on any atom is -0.457 e. The van der Waals surface area contributed by atoms with Gasteiger partial charge in [-0.25, -0.2) is 0 Å². The van der Waals surface area contributed by atoms with Gasteiger partial charge in [-0.2, -0.15) is 0 Å². The zero-order valence-electron chi connectivity index (χ0n) is 13.8. The Balaban J connectivity index is 1.94.